The van der Waals surface area contributed by atoms with Gasteiger partial charge in [0.2, 0.25) is 0 Å². The van der Waals surface area contributed by atoms with Gasteiger partial charge in [0.15, 0.2) is 5.16 Å². The summed E-state index contributed by atoms with van der Waals surface area (Å²) in [5.74, 6) is 0.0731. The zero-order chi connectivity index (χ0) is 14.0. The number of carboxylic acids is 1. The highest BCUT2D eigenvalue weighted by Crippen LogP contribution is 2.30. The SMILES string of the molecule is Cc1nnc(SCC(=O)O)n1C1CCN(C)C(C)C1. The van der Waals surface area contributed by atoms with Crippen LogP contribution in [0.25, 0.3) is 0 Å². The smallest absolute Gasteiger partial charge is 0.313 e. The van der Waals surface area contributed by atoms with E-state index in [-0.39, 0.29) is 5.75 Å². The molecule has 0 radical (unpaired) electrons. The van der Waals surface area contributed by atoms with Crippen molar-refractivity contribution in [2.24, 2.45) is 0 Å². The number of thioether (sulfide) groups is 1. The largest absolute Gasteiger partial charge is 0.481 e. The van der Waals surface area contributed by atoms with E-state index in [0.29, 0.717) is 12.1 Å². The number of nitrogens with zero attached hydrogens (tertiary/aromatic N) is 4. The van der Waals surface area contributed by atoms with Crippen LogP contribution in [0.1, 0.15) is 31.6 Å². The molecule has 0 spiro atoms. The van der Waals surface area contributed by atoms with Gasteiger partial charge in [0.05, 0.1) is 5.75 Å². The fourth-order valence-electron chi connectivity index (χ4n) is 2.49. The van der Waals surface area contributed by atoms with Gasteiger partial charge < -0.3 is 14.6 Å². The third-order valence-corrected chi connectivity index (χ3v) is 4.63. The summed E-state index contributed by atoms with van der Waals surface area (Å²) in [6.45, 7) is 5.20. The summed E-state index contributed by atoms with van der Waals surface area (Å²) in [6, 6.07) is 0.898. The Balaban J connectivity index is 2.14. The number of likely N-dealkylation sites (tertiary alicyclic amines) is 1. The van der Waals surface area contributed by atoms with Crippen molar-refractivity contribution in [1.82, 2.24) is 19.7 Å². The number of piperidine rings is 1. The molecule has 2 atom stereocenters. The first kappa shape index (κ1) is 14.3. The minimum absolute atomic E-state index is 0.0281. The summed E-state index contributed by atoms with van der Waals surface area (Å²) in [6.07, 6.45) is 2.11. The molecule has 1 aromatic heterocycles. The molecule has 0 aliphatic carbocycles. The second-order valence-corrected chi connectivity index (χ2v) is 6.03. The Bertz CT molecular complexity index is 463. The van der Waals surface area contributed by atoms with Crippen molar-refractivity contribution in [2.45, 2.75) is 43.9 Å². The van der Waals surface area contributed by atoms with E-state index in [1.54, 1.807) is 0 Å². The predicted molar refractivity (Wildman–Crippen MR) is 73.5 cm³/mol. The van der Waals surface area contributed by atoms with Crippen LogP contribution in [0.15, 0.2) is 5.16 Å². The first-order chi connectivity index (χ1) is 8.99. The highest BCUT2D eigenvalue weighted by Gasteiger charge is 2.27. The molecular weight excluding hydrogens is 264 g/mol. The first-order valence-electron chi connectivity index (χ1n) is 6.45. The lowest BCUT2D eigenvalue weighted by Crippen LogP contribution is -2.38. The quantitative estimate of drug-likeness (QED) is 0.843. The van der Waals surface area contributed by atoms with Crippen molar-refractivity contribution >= 4 is 17.7 Å². The Morgan fingerprint density at radius 2 is 2.26 bits per heavy atom. The van der Waals surface area contributed by atoms with Gasteiger partial charge in [0.25, 0.3) is 0 Å². The molecule has 1 aliphatic rings. The number of carboxylic acid groups (broad SMARTS) is 1. The number of aryl methyl sites for hydroxylation is 1. The Morgan fingerprint density at radius 3 is 2.89 bits per heavy atom. The average molecular weight is 284 g/mol. The Labute approximate surface area is 117 Å². The number of carbonyl (C=O) groups is 1. The molecule has 0 aromatic carbocycles. The maximum absolute atomic E-state index is 10.7. The molecular formula is C12H20N4O2S. The van der Waals surface area contributed by atoms with Gasteiger partial charge in [-0.05, 0) is 33.7 Å². The van der Waals surface area contributed by atoms with Crippen LogP contribution in [0.2, 0.25) is 0 Å². The van der Waals surface area contributed by atoms with Gasteiger partial charge in [0, 0.05) is 18.6 Å². The molecule has 2 heterocycles. The molecule has 1 N–H and O–H groups in total. The van der Waals surface area contributed by atoms with Gasteiger partial charge in [-0.3, -0.25) is 4.79 Å². The zero-order valence-electron chi connectivity index (χ0n) is 11.5. The Kier molecular flexibility index (Phi) is 4.46. The van der Waals surface area contributed by atoms with Crippen LogP contribution >= 0.6 is 11.8 Å². The average Bonchev–Trinajstić information content (AvgIpc) is 2.71. The highest BCUT2D eigenvalue weighted by molar-refractivity contribution is 7.99. The molecule has 2 unspecified atom stereocenters. The molecule has 2 rings (SSSR count). The third kappa shape index (κ3) is 3.27. The normalized spacial score (nSPS) is 24.6. The fraction of sp³-hybridized carbons (Fsp3) is 0.750. The maximum atomic E-state index is 10.7. The van der Waals surface area contributed by atoms with E-state index in [4.69, 9.17) is 5.11 Å². The van der Waals surface area contributed by atoms with Crippen LogP contribution in [0.4, 0.5) is 0 Å². The van der Waals surface area contributed by atoms with Gasteiger partial charge in [-0.25, -0.2) is 0 Å². The lowest BCUT2D eigenvalue weighted by molar-refractivity contribution is -0.133. The summed E-state index contributed by atoms with van der Waals surface area (Å²) in [4.78, 5) is 13.0. The van der Waals surface area contributed by atoms with Gasteiger partial charge in [-0.15, -0.1) is 10.2 Å². The van der Waals surface area contributed by atoms with Crippen LogP contribution in [-0.2, 0) is 4.79 Å². The van der Waals surface area contributed by atoms with E-state index in [1.165, 1.54) is 11.8 Å². The van der Waals surface area contributed by atoms with E-state index in [9.17, 15) is 4.79 Å². The van der Waals surface area contributed by atoms with E-state index in [2.05, 4.69) is 33.6 Å². The van der Waals surface area contributed by atoms with Crippen molar-refractivity contribution in [3.63, 3.8) is 0 Å². The van der Waals surface area contributed by atoms with E-state index >= 15 is 0 Å². The lowest BCUT2D eigenvalue weighted by Gasteiger charge is -2.36. The van der Waals surface area contributed by atoms with Crippen molar-refractivity contribution in [2.75, 3.05) is 19.3 Å². The summed E-state index contributed by atoms with van der Waals surface area (Å²) >= 11 is 1.25. The summed E-state index contributed by atoms with van der Waals surface area (Å²) < 4.78 is 2.11. The number of hydrogen-bond donors (Lipinski definition) is 1. The molecule has 0 amide bonds. The number of hydrogen-bond acceptors (Lipinski definition) is 5. The van der Waals surface area contributed by atoms with Crippen LogP contribution in [0.3, 0.4) is 0 Å². The van der Waals surface area contributed by atoms with Gasteiger partial charge >= 0.3 is 5.97 Å². The van der Waals surface area contributed by atoms with Crippen molar-refractivity contribution < 1.29 is 9.90 Å². The van der Waals surface area contributed by atoms with Crippen molar-refractivity contribution in [3.05, 3.63) is 5.82 Å². The molecule has 1 aliphatic heterocycles. The molecule has 1 aromatic rings. The topological polar surface area (TPSA) is 71.2 Å². The van der Waals surface area contributed by atoms with Gasteiger partial charge in [-0.1, -0.05) is 11.8 Å². The van der Waals surface area contributed by atoms with Gasteiger partial charge in [0.1, 0.15) is 5.82 Å². The van der Waals surface area contributed by atoms with E-state index < -0.39 is 5.97 Å². The maximum Gasteiger partial charge on any atom is 0.313 e. The van der Waals surface area contributed by atoms with Crippen molar-refractivity contribution in [3.8, 4) is 0 Å². The molecule has 1 fully saturated rings. The van der Waals surface area contributed by atoms with Crippen LogP contribution < -0.4 is 0 Å². The van der Waals surface area contributed by atoms with Crippen molar-refractivity contribution in [1.29, 1.82) is 0 Å². The number of aromatic nitrogens is 3. The molecule has 19 heavy (non-hydrogen) atoms. The fourth-order valence-corrected chi connectivity index (χ4v) is 3.27. The minimum atomic E-state index is -0.825. The second kappa shape index (κ2) is 5.92. The molecule has 0 bridgehead atoms. The summed E-state index contributed by atoms with van der Waals surface area (Å²) in [5.41, 5.74) is 0. The van der Waals surface area contributed by atoms with Crippen LogP contribution in [0.5, 0.6) is 0 Å². The Morgan fingerprint density at radius 1 is 1.53 bits per heavy atom. The molecule has 106 valence electrons. The summed E-state index contributed by atoms with van der Waals surface area (Å²) in [5, 5.41) is 17.7. The molecule has 6 nitrogen and oxygen atoms in total. The number of aliphatic carboxylic acids is 1. The Hall–Kier alpha value is -1.08. The molecule has 1 saturated heterocycles. The van der Waals surface area contributed by atoms with Crippen LogP contribution in [-0.4, -0.2) is 56.1 Å². The van der Waals surface area contributed by atoms with E-state index in [0.717, 1.165) is 30.4 Å². The molecule has 7 heteroatoms. The number of rotatable bonds is 4. The van der Waals surface area contributed by atoms with E-state index in [1.807, 2.05) is 6.92 Å². The monoisotopic (exact) mass is 284 g/mol. The lowest BCUT2D eigenvalue weighted by atomic mass is 9.99. The first-order valence-corrected chi connectivity index (χ1v) is 7.44. The second-order valence-electron chi connectivity index (χ2n) is 5.09. The highest BCUT2D eigenvalue weighted by atomic mass is 32.2. The molecule has 0 saturated carbocycles. The minimum Gasteiger partial charge on any atom is -0.481 e. The predicted octanol–water partition coefficient (Wildman–Crippen LogP) is 1.42. The third-order valence-electron chi connectivity index (χ3n) is 3.71. The van der Waals surface area contributed by atoms with Crippen LogP contribution in [0, 0.1) is 6.92 Å². The van der Waals surface area contributed by atoms with Gasteiger partial charge in [-0.2, -0.15) is 0 Å². The standard InChI is InChI=1S/C12H20N4O2S/c1-8-6-10(4-5-15(8)3)16-9(2)13-14-12(16)19-7-11(17)18/h8,10H,4-7H2,1-3H3,(H,17,18). The summed E-state index contributed by atoms with van der Waals surface area (Å²) in [7, 11) is 2.14. The zero-order valence-corrected chi connectivity index (χ0v) is 12.4.